The molecule has 2 N–H and O–H groups in total. The van der Waals surface area contributed by atoms with Gasteiger partial charge in [-0.3, -0.25) is 14.5 Å². The van der Waals surface area contributed by atoms with Crippen molar-refractivity contribution in [3.8, 4) is 0 Å². The molecule has 1 heterocycles. The van der Waals surface area contributed by atoms with Crippen molar-refractivity contribution in [2.24, 2.45) is 11.8 Å². The zero-order valence-corrected chi connectivity index (χ0v) is 12.9. The lowest BCUT2D eigenvalue weighted by molar-refractivity contribution is -0.139. The molecular weight excluding hydrogens is 256 g/mol. The molecule has 1 amide bonds. The molecule has 0 aromatic heterocycles. The number of carbonyl (C=O) groups excluding carboxylic acids is 1. The Morgan fingerprint density at radius 3 is 2.70 bits per heavy atom. The van der Waals surface area contributed by atoms with E-state index >= 15 is 0 Å². The molecule has 0 saturated carbocycles. The van der Waals surface area contributed by atoms with Gasteiger partial charge in [-0.15, -0.1) is 0 Å². The Bertz CT molecular complexity index is 333. The Kier molecular flexibility index (Phi) is 6.99. The van der Waals surface area contributed by atoms with Gasteiger partial charge in [0, 0.05) is 19.5 Å². The molecule has 0 radical (unpaired) electrons. The van der Waals surface area contributed by atoms with Crippen molar-refractivity contribution >= 4 is 11.9 Å². The highest BCUT2D eigenvalue weighted by molar-refractivity contribution is 5.81. The van der Waals surface area contributed by atoms with E-state index in [1.807, 2.05) is 20.8 Å². The van der Waals surface area contributed by atoms with Crippen molar-refractivity contribution in [3.63, 3.8) is 0 Å². The van der Waals surface area contributed by atoms with E-state index in [1.165, 1.54) is 0 Å². The predicted octanol–water partition coefficient (Wildman–Crippen LogP) is 1.72. The summed E-state index contributed by atoms with van der Waals surface area (Å²) in [7, 11) is 0. The molecule has 1 rings (SSSR count). The van der Waals surface area contributed by atoms with Gasteiger partial charge in [0.15, 0.2) is 0 Å². The highest BCUT2D eigenvalue weighted by Crippen LogP contribution is 2.27. The van der Waals surface area contributed by atoms with E-state index in [-0.39, 0.29) is 24.3 Å². The normalized spacial score (nSPS) is 23.1. The number of nitrogens with zero attached hydrogens (tertiary/aromatic N) is 1. The lowest BCUT2D eigenvalue weighted by Gasteiger charge is -2.38. The molecule has 1 fully saturated rings. The predicted molar refractivity (Wildman–Crippen MR) is 78.5 cm³/mol. The van der Waals surface area contributed by atoms with E-state index in [2.05, 4.69) is 10.2 Å². The van der Waals surface area contributed by atoms with E-state index in [9.17, 15) is 9.59 Å². The van der Waals surface area contributed by atoms with Crippen molar-refractivity contribution in [3.05, 3.63) is 0 Å². The van der Waals surface area contributed by atoms with Gasteiger partial charge in [-0.2, -0.15) is 0 Å². The molecule has 1 saturated heterocycles. The minimum Gasteiger partial charge on any atom is -0.481 e. The first-order valence-corrected chi connectivity index (χ1v) is 7.69. The van der Waals surface area contributed by atoms with Crippen LogP contribution in [0.4, 0.5) is 0 Å². The van der Waals surface area contributed by atoms with Crippen molar-refractivity contribution in [2.75, 3.05) is 19.6 Å². The summed E-state index contributed by atoms with van der Waals surface area (Å²) in [5.74, 6) is -0.107. The quantitative estimate of drug-likeness (QED) is 0.747. The summed E-state index contributed by atoms with van der Waals surface area (Å²) in [6.45, 7) is 8.46. The topological polar surface area (TPSA) is 69.6 Å². The molecule has 0 aromatic rings. The molecule has 1 aliphatic rings. The summed E-state index contributed by atoms with van der Waals surface area (Å²) >= 11 is 0. The third-order valence-electron chi connectivity index (χ3n) is 4.27. The molecule has 20 heavy (non-hydrogen) atoms. The average molecular weight is 284 g/mol. The van der Waals surface area contributed by atoms with Crippen molar-refractivity contribution in [1.82, 2.24) is 10.2 Å². The number of likely N-dealkylation sites (tertiary alicyclic amines) is 1. The Hall–Kier alpha value is -1.10. The number of hydrogen-bond donors (Lipinski definition) is 2. The maximum Gasteiger partial charge on any atom is 0.303 e. The highest BCUT2D eigenvalue weighted by Gasteiger charge is 2.30. The third kappa shape index (κ3) is 5.12. The molecule has 5 nitrogen and oxygen atoms in total. The third-order valence-corrected chi connectivity index (χ3v) is 4.27. The van der Waals surface area contributed by atoms with Crippen LogP contribution < -0.4 is 5.32 Å². The number of carboxylic acids is 1. The molecule has 0 aliphatic carbocycles. The number of piperidine rings is 1. The maximum absolute atomic E-state index is 12.0. The Morgan fingerprint density at radius 2 is 2.10 bits per heavy atom. The van der Waals surface area contributed by atoms with Gasteiger partial charge in [0.25, 0.3) is 0 Å². The molecule has 0 spiro atoms. The summed E-state index contributed by atoms with van der Waals surface area (Å²) in [4.78, 5) is 25.0. The molecule has 5 heteroatoms. The first-order valence-electron chi connectivity index (χ1n) is 7.69. The van der Waals surface area contributed by atoms with Gasteiger partial charge >= 0.3 is 5.97 Å². The van der Waals surface area contributed by atoms with Gasteiger partial charge in [-0.05, 0) is 44.6 Å². The largest absolute Gasteiger partial charge is 0.481 e. The van der Waals surface area contributed by atoms with Crippen LogP contribution in [0.15, 0.2) is 0 Å². The van der Waals surface area contributed by atoms with Gasteiger partial charge in [0.1, 0.15) is 0 Å². The van der Waals surface area contributed by atoms with Crippen LogP contribution in [0.2, 0.25) is 0 Å². The summed E-state index contributed by atoms with van der Waals surface area (Å²) in [6, 6.07) is -0.124. The standard InChI is InChI=1S/C15H28N2O3/c1-4-7-16-15(20)12(3)17-8-5-6-13(10-17)11(2)9-14(18)19/h11-13H,4-10H2,1-3H3,(H,16,20)(H,18,19). The van der Waals surface area contributed by atoms with Crippen LogP contribution in [-0.2, 0) is 9.59 Å². The molecular formula is C15H28N2O3. The fraction of sp³-hybridized carbons (Fsp3) is 0.867. The molecule has 0 bridgehead atoms. The Labute approximate surface area is 121 Å². The minimum atomic E-state index is -0.733. The first kappa shape index (κ1) is 17.0. The van der Waals surface area contributed by atoms with Gasteiger partial charge < -0.3 is 10.4 Å². The second-order valence-electron chi connectivity index (χ2n) is 5.94. The molecule has 3 atom stereocenters. The average Bonchev–Trinajstić information content (AvgIpc) is 2.43. The number of aliphatic carboxylic acids is 1. The summed E-state index contributed by atoms with van der Waals surface area (Å²) in [5.41, 5.74) is 0. The van der Waals surface area contributed by atoms with Crippen LogP contribution >= 0.6 is 0 Å². The lowest BCUT2D eigenvalue weighted by Crippen LogP contribution is -2.50. The Morgan fingerprint density at radius 1 is 1.40 bits per heavy atom. The van der Waals surface area contributed by atoms with Crippen molar-refractivity contribution in [2.45, 2.75) is 52.5 Å². The van der Waals surface area contributed by atoms with Crippen molar-refractivity contribution in [1.29, 1.82) is 0 Å². The smallest absolute Gasteiger partial charge is 0.303 e. The maximum atomic E-state index is 12.0. The number of nitrogens with one attached hydrogen (secondary N) is 1. The molecule has 1 aliphatic heterocycles. The number of hydrogen-bond acceptors (Lipinski definition) is 3. The van der Waals surface area contributed by atoms with E-state index in [0.29, 0.717) is 5.92 Å². The Balaban J connectivity index is 2.51. The van der Waals surface area contributed by atoms with Crippen LogP contribution in [-0.4, -0.2) is 47.6 Å². The summed E-state index contributed by atoms with van der Waals surface area (Å²) < 4.78 is 0. The lowest BCUT2D eigenvalue weighted by atomic mass is 9.84. The fourth-order valence-electron chi connectivity index (χ4n) is 2.86. The first-order chi connectivity index (χ1) is 9.45. The number of carboxylic acid groups (broad SMARTS) is 1. The van der Waals surface area contributed by atoms with Crippen LogP contribution in [0.3, 0.4) is 0 Å². The second-order valence-corrected chi connectivity index (χ2v) is 5.94. The van der Waals surface area contributed by atoms with E-state index in [0.717, 1.165) is 38.9 Å². The number of rotatable bonds is 7. The summed E-state index contributed by atoms with van der Waals surface area (Å²) in [6.07, 6.45) is 3.26. The molecule has 0 aromatic carbocycles. The van der Waals surface area contributed by atoms with Gasteiger partial charge in [0.2, 0.25) is 5.91 Å². The zero-order valence-electron chi connectivity index (χ0n) is 12.9. The molecule has 116 valence electrons. The highest BCUT2D eigenvalue weighted by atomic mass is 16.4. The fourth-order valence-corrected chi connectivity index (χ4v) is 2.86. The van der Waals surface area contributed by atoms with Crippen LogP contribution in [0.25, 0.3) is 0 Å². The number of amides is 1. The van der Waals surface area contributed by atoms with Crippen LogP contribution in [0.5, 0.6) is 0 Å². The zero-order chi connectivity index (χ0) is 15.1. The van der Waals surface area contributed by atoms with Gasteiger partial charge in [0.05, 0.1) is 6.04 Å². The van der Waals surface area contributed by atoms with Crippen molar-refractivity contribution < 1.29 is 14.7 Å². The van der Waals surface area contributed by atoms with Crippen LogP contribution in [0, 0.1) is 11.8 Å². The summed E-state index contributed by atoms with van der Waals surface area (Å²) in [5, 5.41) is 11.8. The van der Waals surface area contributed by atoms with E-state index in [1.54, 1.807) is 0 Å². The molecule has 3 unspecified atom stereocenters. The second kappa shape index (κ2) is 8.25. The van der Waals surface area contributed by atoms with E-state index in [4.69, 9.17) is 5.11 Å². The van der Waals surface area contributed by atoms with E-state index < -0.39 is 5.97 Å². The van der Waals surface area contributed by atoms with Gasteiger partial charge in [-0.1, -0.05) is 13.8 Å². The van der Waals surface area contributed by atoms with Crippen LogP contribution in [0.1, 0.15) is 46.5 Å². The number of carbonyl (C=O) groups is 2. The SMILES string of the molecule is CCCNC(=O)C(C)N1CCCC(C(C)CC(=O)O)C1. The minimum absolute atomic E-state index is 0.0818. The monoisotopic (exact) mass is 284 g/mol. The van der Waals surface area contributed by atoms with Gasteiger partial charge in [-0.25, -0.2) is 0 Å².